The van der Waals surface area contributed by atoms with Crippen molar-refractivity contribution in [2.75, 3.05) is 13.1 Å². The van der Waals surface area contributed by atoms with Crippen LogP contribution in [0.4, 0.5) is 0 Å². The lowest BCUT2D eigenvalue weighted by Gasteiger charge is -2.28. The van der Waals surface area contributed by atoms with Crippen LogP contribution < -0.4 is 10.1 Å². The second-order valence-electron chi connectivity index (χ2n) is 7.78. The monoisotopic (exact) mass is 364 g/mol. The van der Waals surface area contributed by atoms with Gasteiger partial charge in [0.1, 0.15) is 17.7 Å². The molecule has 27 heavy (non-hydrogen) atoms. The Morgan fingerprint density at radius 2 is 2.26 bits per heavy atom. The summed E-state index contributed by atoms with van der Waals surface area (Å²) in [6, 6.07) is 6.07. The fraction of sp³-hybridized carbons (Fsp3) is 0.476. The van der Waals surface area contributed by atoms with Gasteiger partial charge in [-0.25, -0.2) is 9.97 Å². The van der Waals surface area contributed by atoms with Gasteiger partial charge in [-0.3, -0.25) is 4.79 Å². The molecule has 6 nitrogen and oxygen atoms in total. The lowest BCUT2D eigenvalue weighted by Crippen LogP contribution is -2.36. The topological polar surface area (TPSA) is 67.4 Å². The van der Waals surface area contributed by atoms with Crippen LogP contribution in [0.1, 0.15) is 58.8 Å². The quantitative estimate of drug-likeness (QED) is 0.886. The number of hydrogen-bond acceptors (Lipinski definition) is 5. The van der Waals surface area contributed by atoms with Crippen LogP contribution in [0.25, 0.3) is 0 Å². The normalized spacial score (nSPS) is 23.7. The minimum Gasteiger partial charge on any atom is -0.490 e. The number of hydrogen-bond donors (Lipinski definition) is 1. The van der Waals surface area contributed by atoms with Crippen LogP contribution in [0.5, 0.6) is 5.75 Å². The Labute approximate surface area is 159 Å². The van der Waals surface area contributed by atoms with E-state index in [0.717, 1.165) is 59.8 Å². The highest BCUT2D eigenvalue weighted by atomic mass is 16.5. The highest BCUT2D eigenvalue weighted by Crippen LogP contribution is 2.30. The zero-order valence-electron chi connectivity index (χ0n) is 15.6. The molecule has 0 aliphatic carbocycles. The summed E-state index contributed by atoms with van der Waals surface area (Å²) in [6.45, 7) is 4.37. The maximum atomic E-state index is 13.0. The van der Waals surface area contributed by atoms with E-state index in [1.165, 1.54) is 6.42 Å². The molecular weight excluding hydrogens is 340 g/mol. The summed E-state index contributed by atoms with van der Waals surface area (Å²) in [7, 11) is 0. The molecule has 1 saturated heterocycles. The highest BCUT2D eigenvalue weighted by Gasteiger charge is 2.27. The molecule has 2 atom stereocenters. The number of rotatable bonds is 2. The van der Waals surface area contributed by atoms with Crippen molar-refractivity contribution in [3.8, 4) is 5.75 Å². The van der Waals surface area contributed by atoms with Gasteiger partial charge in [0.15, 0.2) is 0 Å². The van der Waals surface area contributed by atoms with Crippen LogP contribution >= 0.6 is 0 Å². The van der Waals surface area contributed by atoms with Gasteiger partial charge in [0.05, 0.1) is 11.7 Å². The van der Waals surface area contributed by atoms with E-state index in [-0.39, 0.29) is 18.1 Å². The van der Waals surface area contributed by atoms with E-state index in [2.05, 4.69) is 17.2 Å². The second-order valence-corrected chi connectivity index (χ2v) is 7.78. The molecule has 5 rings (SSSR count). The van der Waals surface area contributed by atoms with Crippen molar-refractivity contribution in [2.45, 2.75) is 51.3 Å². The third-order valence-electron chi connectivity index (χ3n) is 5.75. The molecule has 3 aliphatic rings. The number of carbonyl (C=O) groups excluding carboxylic acids is 1. The maximum Gasteiger partial charge on any atom is 0.254 e. The second kappa shape index (κ2) is 6.60. The molecule has 4 heterocycles. The SMILES string of the molecule is C[C@H]1Cc2cc(C(=O)N3CCc4nc([C@@H]5CCCN5)ncc4C3)ccc2O1. The molecule has 1 fully saturated rings. The molecule has 1 aromatic carbocycles. The lowest BCUT2D eigenvalue weighted by atomic mass is 10.0. The van der Waals surface area contributed by atoms with Crippen molar-refractivity contribution in [1.82, 2.24) is 20.2 Å². The first kappa shape index (κ1) is 16.7. The largest absolute Gasteiger partial charge is 0.490 e. The first-order valence-electron chi connectivity index (χ1n) is 9.84. The number of carbonyl (C=O) groups is 1. The van der Waals surface area contributed by atoms with Gasteiger partial charge in [-0.15, -0.1) is 0 Å². The average Bonchev–Trinajstić information content (AvgIpc) is 3.34. The van der Waals surface area contributed by atoms with E-state index in [9.17, 15) is 4.79 Å². The smallest absolute Gasteiger partial charge is 0.254 e. The first-order valence-corrected chi connectivity index (χ1v) is 9.84. The summed E-state index contributed by atoms with van der Waals surface area (Å²) < 4.78 is 5.74. The van der Waals surface area contributed by atoms with Crippen LogP contribution in [-0.4, -0.2) is 40.0 Å². The summed E-state index contributed by atoms with van der Waals surface area (Å²) >= 11 is 0. The molecule has 0 saturated carbocycles. The summed E-state index contributed by atoms with van der Waals surface area (Å²) in [5, 5.41) is 3.45. The Balaban J connectivity index is 1.33. The van der Waals surface area contributed by atoms with Gasteiger partial charge in [0.2, 0.25) is 0 Å². The average molecular weight is 364 g/mol. The number of nitrogens with zero attached hydrogens (tertiary/aromatic N) is 3. The predicted molar refractivity (Wildman–Crippen MR) is 101 cm³/mol. The van der Waals surface area contributed by atoms with Crippen molar-refractivity contribution >= 4 is 5.91 Å². The van der Waals surface area contributed by atoms with Crippen LogP contribution in [0, 0.1) is 0 Å². The number of nitrogens with one attached hydrogen (secondary N) is 1. The minimum atomic E-state index is 0.0736. The standard InChI is InChI=1S/C21H24N4O2/c1-13-9-15-10-14(4-5-19(15)27-13)21(26)25-8-6-17-16(12-25)11-23-20(24-17)18-3-2-7-22-18/h4-5,10-11,13,18,22H,2-3,6-9,12H2,1H3/t13-,18-/m0/s1. The van der Waals surface area contributed by atoms with Crippen molar-refractivity contribution in [1.29, 1.82) is 0 Å². The molecule has 1 N–H and O–H groups in total. The zero-order chi connectivity index (χ0) is 18.4. The van der Waals surface area contributed by atoms with Gasteiger partial charge < -0.3 is 15.0 Å². The fourth-order valence-corrected chi connectivity index (χ4v) is 4.32. The van der Waals surface area contributed by atoms with Gasteiger partial charge in [0.25, 0.3) is 5.91 Å². The Morgan fingerprint density at radius 3 is 3.11 bits per heavy atom. The summed E-state index contributed by atoms with van der Waals surface area (Å²) in [5.74, 6) is 1.88. The Kier molecular flexibility index (Phi) is 4.08. The number of ether oxygens (including phenoxy) is 1. The molecule has 0 unspecified atom stereocenters. The summed E-state index contributed by atoms with van der Waals surface area (Å²) in [4.78, 5) is 24.3. The van der Waals surface area contributed by atoms with Crippen molar-refractivity contribution in [3.05, 3.63) is 52.6 Å². The fourth-order valence-electron chi connectivity index (χ4n) is 4.32. The molecule has 0 spiro atoms. The molecule has 2 aromatic rings. The first-order chi connectivity index (χ1) is 13.2. The molecule has 140 valence electrons. The number of amides is 1. The van der Waals surface area contributed by atoms with Crippen molar-refractivity contribution in [3.63, 3.8) is 0 Å². The molecule has 0 radical (unpaired) electrons. The Morgan fingerprint density at radius 1 is 1.33 bits per heavy atom. The van der Waals surface area contributed by atoms with Crippen molar-refractivity contribution < 1.29 is 9.53 Å². The van der Waals surface area contributed by atoms with E-state index >= 15 is 0 Å². The van der Waals surface area contributed by atoms with E-state index in [0.29, 0.717) is 13.1 Å². The van der Waals surface area contributed by atoms with Gasteiger partial charge in [-0.2, -0.15) is 0 Å². The predicted octanol–water partition coefficient (Wildman–Crippen LogP) is 2.42. The summed E-state index contributed by atoms with van der Waals surface area (Å²) in [5.41, 5.74) is 4.02. The minimum absolute atomic E-state index is 0.0736. The number of aromatic nitrogens is 2. The lowest BCUT2D eigenvalue weighted by molar-refractivity contribution is 0.0733. The third kappa shape index (κ3) is 3.08. The van der Waals surface area contributed by atoms with Crippen LogP contribution in [0.2, 0.25) is 0 Å². The number of benzene rings is 1. The zero-order valence-corrected chi connectivity index (χ0v) is 15.6. The van der Waals surface area contributed by atoms with Gasteiger partial charge in [0, 0.05) is 43.3 Å². The van der Waals surface area contributed by atoms with E-state index in [4.69, 9.17) is 9.72 Å². The Bertz CT molecular complexity index is 892. The molecular formula is C21H24N4O2. The van der Waals surface area contributed by atoms with Crippen LogP contribution in [0.3, 0.4) is 0 Å². The van der Waals surface area contributed by atoms with Gasteiger partial charge in [-0.1, -0.05) is 0 Å². The molecule has 3 aliphatic heterocycles. The van der Waals surface area contributed by atoms with E-state index in [1.54, 1.807) is 0 Å². The van der Waals surface area contributed by atoms with E-state index < -0.39 is 0 Å². The summed E-state index contributed by atoms with van der Waals surface area (Å²) in [6.07, 6.45) is 6.03. The van der Waals surface area contributed by atoms with Gasteiger partial charge >= 0.3 is 0 Å². The molecule has 6 heteroatoms. The molecule has 1 amide bonds. The van der Waals surface area contributed by atoms with E-state index in [1.807, 2.05) is 29.3 Å². The van der Waals surface area contributed by atoms with Gasteiger partial charge in [-0.05, 0) is 50.1 Å². The Hall–Kier alpha value is -2.47. The highest BCUT2D eigenvalue weighted by molar-refractivity contribution is 5.94. The van der Waals surface area contributed by atoms with Crippen LogP contribution in [0.15, 0.2) is 24.4 Å². The van der Waals surface area contributed by atoms with Crippen molar-refractivity contribution in [2.24, 2.45) is 0 Å². The third-order valence-corrected chi connectivity index (χ3v) is 5.75. The maximum absolute atomic E-state index is 13.0. The number of fused-ring (bicyclic) bond motifs is 2. The molecule has 0 bridgehead atoms. The van der Waals surface area contributed by atoms with Crippen LogP contribution in [-0.2, 0) is 19.4 Å². The molecule has 1 aromatic heterocycles.